The number of nitrogens with one attached hydrogen (secondary N) is 2. The molecule has 2 atom stereocenters. The summed E-state index contributed by atoms with van der Waals surface area (Å²) in [5.41, 5.74) is 3.48. The van der Waals surface area contributed by atoms with Crippen LogP contribution in [-0.2, 0) is 0 Å². The topological polar surface area (TPSA) is 120 Å². The van der Waals surface area contributed by atoms with Crippen molar-refractivity contribution in [2.24, 2.45) is 10.2 Å². The second-order valence-electron chi connectivity index (χ2n) is 5.77. The molecule has 0 amide bonds. The predicted octanol–water partition coefficient (Wildman–Crippen LogP) is 2.14. The normalized spacial score (nSPS) is 14.2. The lowest BCUT2D eigenvalue weighted by Crippen LogP contribution is -2.99. The molecule has 2 unspecified atom stereocenters. The summed E-state index contributed by atoms with van der Waals surface area (Å²) >= 11 is 0. The number of nitrogens with zero attached hydrogens (tertiary/aromatic N) is 2. The van der Waals surface area contributed by atoms with Crippen molar-refractivity contribution >= 4 is 22.7 Å². The van der Waals surface area contributed by atoms with E-state index in [-0.39, 0.29) is 22.7 Å². The maximum atomic E-state index is 11.4. The highest BCUT2D eigenvalue weighted by atomic mass is 16.8. The fraction of sp³-hybridized carbons (Fsp3) is 0.250. The largest absolute Gasteiger partial charge is 0.595 e. The minimum atomic E-state index is -1.10. The third-order valence-corrected chi connectivity index (χ3v) is 3.60. The molecule has 2 aromatic carbocycles. The van der Waals surface area contributed by atoms with Crippen molar-refractivity contribution in [1.82, 2.24) is 0 Å². The first kappa shape index (κ1) is 18.1. The van der Waals surface area contributed by atoms with Crippen LogP contribution in [0.2, 0.25) is 0 Å². The molecular weight excluding hydrogens is 312 g/mol. The first-order valence-electron chi connectivity index (χ1n) is 7.31. The Balaban J connectivity index is 2.57. The molecule has 0 aromatic heterocycles. The third kappa shape index (κ3) is 3.82. The molecular formula is C16H20N4O4. The van der Waals surface area contributed by atoms with E-state index in [4.69, 9.17) is 0 Å². The molecule has 0 aliphatic rings. The minimum Gasteiger partial charge on any atom is -0.595 e. The number of aryl methyl sites for hydroxylation is 4. The van der Waals surface area contributed by atoms with E-state index < -0.39 is 10.5 Å². The van der Waals surface area contributed by atoms with Crippen LogP contribution in [0.1, 0.15) is 22.3 Å². The molecule has 0 heterocycles. The molecule has 0 bridgehead atoms. The van der Waals surface area contributed by atoms with Crippen molar-refractivity contribution in [3.8, 4) is 0 Å². The Morgan fingerprint density at radius 2 is 1.04 bits per heavy atom. The maximum absolute atomic E-state index is 11.4. The monoisotopic (exact) mass is 332 g/mol. The Morgan fingerprint density at radius 3 is 1.33 bits per heavy atom. The van der Waals surface area contributed by atoms with Crippen LogP contribution in [0.5, 0.6) is 0 Å². The SMILES string of the molecule is Cc1cc(C)c(N=Nc2c(C)cc(C)cc2[NH+]([O-])O)c([NH+]([O-])O)c1. The van der Waals surface area contributed by atoms with Gasteiger partial charge in [-0.2, -0.15) is 10.5 Å². The van der Waals surface area contributed by atoms with E-state index in [1.807, 2.05) is 0 Å². The van der Waals surface area contributed by atoms with Crippen molar-refractivity contribution in [2.75, 3.05) is 0 Å². The van der Waals surface area contributed by atoms with Gasteiger partial charge in [-0.1, -0.05) is 12.1 Å². The van der Waals surface area contributed by atoms with E-state index >= 15 is 0 Å². The Bertz CT molecular complexity index is 723. The van der Waals surface area contributed by atoms with Gasteiger partial charge in [0.25, 0.3) is 0 Å². The molecule has 0 saturated heterocycles. The summed E-state index contributed by atoms with van der Waals surface area (Å²) in [6.07, 6.45) is 0. The lowest BCUT2D eigenvalue weighted by molar-refractivity contribution is -0.991. The third-order valence-electron chi connectivity index (χ3n) is 3.60. The van der Waals surface area contributed by atoms with Crippen LogP contribution in [0.15, 0.2) is 34.5 Å². The van der Waals surface area contributed by atoms with Gasteiger partial charge in [0.1, 0.15) is 0 Å². The number of azo groups is 1. The van der Waals surface area contributed by atoms with Gasteiger partial charge in [-0.3, -0.25) is 0 Å². The minimum absolute atomic E-state index is 0.0397. The molecule has 0 aliphatic carbocycles. The quantitative estimate of drug-likeness (QED) is 0.506. The number of quaternary nitrogens is 2. The van der Waals surface area contributed by atoms with Gasteiger partial charge in [-0.25, -0.2) is 10.4 Å². The molecule has 8 heteroatoms. The summed E-state index contributed by atoms with van der Waals surface area (Å²) < 4.78 is 0. The summed E-state index contributed by atoms with van der Waals surface area (Å²) in [5, 5.41) is 47.5. The summed E-state index contributed by atoms with van der Waals surface area (Å²) in [5.74, 6) is 0. The summed E-state index contributed by atoms with van der Waals surface area (Å²) in [4.78, 5) is 0. The fourth-order valence-corrected chi connectivity index (χ4v) is 2.61. The van der Waals surface area contributed by atoms with E-state index in [1.165, 1.54) is 12.1 Å². The first-order chi connectivity index (χ1) is 11.2. The average Bonchev–Trinajstić information content (AvgIpc) is 2.46. The van der Waals surface area contributed by atoms with Crippen molar-refractivity contribution in [3.05, 3.63) is 56.9 Å². The van der Waals surface area contributed by atoms with Crippen LogP contribution in [0.4, 0.5) is 22.7 Å². The molecule has 128 valence electrons. The standard InChI is InChI=1S/C16H20N4O4/c1-9-5-11(3)15(13(7-9)19(21)22)17-18-16-12(4)6-10(2)8-14(16)20(23)24/h5-8,19-21,23H,1-4H3. The van der Waals surface area contributed by atoms with Crippen molar-refractivity contribution in [2.45, 2.75) is 27.7 Å². The summed E-state index contributed by atoms with van der Waals surface area (Å²) in [7, 11) is 0. The average molecular weight is 332 g/mol. The van der Waals surface area contributed by atoms with E-state index in [0.717, 1.165) is 11.1 Å². The number of benzene rings is 2. The predicted molar refractivity (Wildman–Crippen MR) is 87.6 cm³/mol. The van der Waals surface area contributed by atoms with Gasteiger partial charge in [-0.05, 0) is 49.9 Å². The molecule has 2 aromatic rings. The van der Waals surface area contributed by atoms with Gasteiger partial charge in [0.05, 0.1) is 0 Å². The van der Waals surface area contributed by atoms with E-state index in [9.17, 15) is 20.8 Å². The Labute approximate surface area is 139 Å². The molecule has 0 aliphatic heterocycles. The molecule has 0 fully saturated rings. The van der Waals surface area contributed by atoms with Gasteiger partial charge in [-0.15, -0.1) is 10.2 Å². The molecule has 0 spiro atoms. The van der Waals surface area contributed by atoms with Gasteiger partial charge >= 0.3 is 0 Å². The van der Waals surface area contributed by atoms with Crippen LogP contribution in [0.25, 0.3) is 0 Å². The Kier molecular flexibility index (Phi) is 5.40. The number of hydrogen-bond acceptors (Lipinski definition) is 6. The molecule has 2 rings (SSSR count). The summed E-state index contributed by atoms with van der Waals surface area (Å²) in [6.45, 7) is 7.09. The van der Waals surface area contributed by atoms with Crippen LogP contribution < -0.4 is 10.5 Å². The highest BCUT2D eigenvalue weighted by molar-refractivity contribution is 5.65. The lowest BCUT2D eigenvalue weighted by Gasteiger charge is -2.17. The Hall–Kier alpha value is -2.20. The second kappa shape index (κ2) is 7.14. The van der Waals surface area contributed by atoms with E-state index in [2.05, 4.69) is 10.2 Å². The zero-order valence-electron chi connectivity index (χ0n) is 13.9. The van der Waals surface area contributed by atoms with Crippen molar-refractivity contribution in [3.63, 3.8) is 0 Å². The highest BCUT2D eigenvalue weighted by Gasteiger charge is 2.16. The highest BCUT2D eigenvalue weighted by Crippen LogP contribution is 2.33. The molecule has 24 heavy (non-hydrogen) atoms. The second-order valence-corrected chi connectivity index (χ2v) is 5.77. The molecule has 0 saturated carbocycles. The molecule has 4 N–H and O–H groups in total. The van der Waals surface area contributed by atoms with Gasteiger partial charge < -0.3 is 10.4 Å². The zero-order valence-corrected chi connectivity index (χ0v) is 13.9. The van der Waals surface area contributed by atoms with Gasteiger partial charge in [0, 0.05) is 12.1 Å². The molecule has 0 radical (unpaired) electrons. The lowest BCUT2D eigenvalue weighted by atomic mass is 10.1. The zero-order chi connectivity index (χ0) is 18.0. The van der Waals surface area contributed by atoms with Gasteiger partial charge in [0.15, 0.2) is 22.7 Å². The first-order valence-corrected chi connectivity index (χ1v) is 7.31. The Morgan fingerprint density at radius 1 is 0.708 bits per heavy atom. The maximum Gasteiger partial charge on any atom is 0.192 e. The fourth-order valence-electron chi connectivity index (χ4n) is 2.61. The van der Waals surface area contributed by atoms with Gasteiger partial charge in [0.2, 0.25) is 0 Å². The van der Waals surface area contributed by atoms with Crippen molar-refractivity contribution < 1.29 is 20.9 Å². The van der Waals surface area contributed by atoms with Crippen molar-refractivity contribution in [1.29, 1.82) is 0 Å². The van der Waals surface area contributed by atoms with E-state index in [0.29, 0.717) is 11.1 Å². The van der Waals surface area contributed by atoms with Crippen LogP contribution in [-0.4, -0.2) is 10.4 Å². The van der Waals surface area contributed by atoms with Crippen LogP contribution in [0.3, 0.4) is 0 Å². The van der Waals surface area contributed by atoms with Crippen LogP contribution in [0, 0.1) is 38.1 Å². The molecule has 8 nitrogen and oxygen atoms in total. The number of rotatable bonds is 4. The number of hydrogen-bond donors (Lipinski definition) is 4. The van der Waals surface area contributed by atoms with E-state index in [1.54, 1.807) is 39.8 Å². The van der Waals surface area contributed by atoms with Crippen LogP contribution >= 0.6 is 0 Å². The smallest absolute Gasteiger partial charge is 0.192 e. The summed E-state index contributed by atoms with van der Waals surface area (Å²) in [6, 6.07) is 6.65.